The van der Waals surface area contributed by atoms with E-state index in [0.717, 1.165) is 0 Å². The molecule has 1 unspecified atom stereocenters. The topological polar surface area (TPSA) is 35.5 Å². The Morgan fingerprint density at radius 3 is 2.50 bits per heavy atom. The molecule has 1 aromatic carbocycles. The quantitative estimate of drug-likeness (QED) is 0.731. The molecular weight excluding hydrogens is 235 g/mol. The van der Waals surface area contributed by atoms with Crippen LogP contribution in [0.1, 0.15) is 37.6 Å². The van der Waals surface area contributed by atoms with Crippen LogP contribution in [0.25, 0.3) is 0 Å². The van der Waals surface area contributed by atoms with Gasteiger partial charge in [0.25, 0.3) is 0 Å². The van der Waals surface area contributed by atoms with Crippen LogP contribution in [0.4, 0.5) is 4.39 Å². The third kappa shape index (κ3) is 2.88. The van der Waals surface area contributed by atoms with E-state index in [1.54, 1.807) is 13.0 Å². The fourth-order valence-electron chi connectivity index (χ4n) is 1.74. The lowest BCUT2D eigenvalue weighted by atomic mass is 9.91. The van der Waals surface area contributed by atoms with Crippen LogP contribution in [0.5, 0.6) is 5.75 Å². The minimum atomic E-state index is -0.982. The Labute approximate surface area is 107 Å². The largest absolute Gasteiger partial charge is 0.497 e. The third-order valence-corrected chi connectivity index (χ3v) is 3.04. The monoisotopic (exact) mass is 254 g/mol. The number of benzene rings is 1. The Kier molecular flexibility index (Phi) is 4.84. The minimum Gasteiger partial charge on any atom is -0.497 e. The van der Waals surface area contributed by atoms with Gasteiger partial charge in [-0.2, -0.15) is 0 Å². The zero-order valence-electron chi connectivity index (χ0n) is 11.2. The summed E-state index contributed by atoms with van der Waals surface area (Å²) >= 11 is 0. The molecule has 0 aliphatic rings. The van der Waals surface area contributed by atoms with Gasteiger partial charge in [-0.05, 0) is 32.4 Å². The highest BCUT2D eigenvalue weighted by Crippen LogP contribution is 2.25. The van der Waals surface area contributed by atoms with Crippen LogP contribution in [0, 0.1) is 5.82 Å². The standard InChI is InChI=1S/C14H19FO3/c1-5-14(3,18-6-2)13(16)11-8-7-10(17-4)9-12(11)15/h7-9H,5-6H2,1-4H3. The van der Waals surface area contributed by atoms with Crippen molar-refractivity contribution in [3.63, 3.8) is 0 Å². The summed E-state index contributed by atoms with van der Waals surface area (Å²) < 4.78 is 24.2. The molecule has 0 bridgehead atoms. The molecule has 0 saturated carbocycles. The number of methoxy groups -OCH3 is 1. The molecule has 1 rings (SSSR count). The van der Waals surface area contributed by atoms with E-state index in [9.17, 15) is 9.18 Å². The van der Waals surface area contributed by atoms with E-state index in [2.05, 4.69) is 0 Å². The second-order valence-electron chi connectivity index (χ2n) is 4.19. The summed E-state index contributed by atoms with van der Waals surface area (Å²) in [7, 11) is 1.45. The number of hydrogen-bond donors (Lipinski definition) is 0. The van der Waals surface area contributed by atoms with Crippen LogP contribution < -0.4 is 4.74 Å². The first-order valence-corrected chi connectivity index (χ1v) is 6.00. The molecule has 0 heterocycles. The van der Waals surface area contributed by atoms with Crippen LogP contribution in [0.2, 0.25) is 0 Å². The van der Waals surface area contributed by atoms with Gasteiger partial charge < -0.3 is 9.47 Å². The molecule has 100 valence electrons. The van der Waals surface area contributed by atoms with Gasteiger partial charge >= 0.3 is 0 Å². The molecule has 0 fully saturated rings. The normalized spacial score (nSPS) is 14.1. The maximum Gasteiger partial charge on any atom is 0.197 e. The van der Waals surface area contributed by atoms with Gasteiger partial charge in [0.05, 0.1) is 12.7 Å². The van der Waals surface area contributed by atoms with Gasteiger partial charge in [-0.3, -0.25) is 4.79 Å². The number of Topliss-reactive ketones (excluding diaryl/α,β-unsaturated/α-hetero) is 1. The Bertz CT molecular complexity index is 431. The van der Waals surface area contributed by atoms with E-state index in [1.807, 2.05) is 13.8 Å². The highest BCUT2D eigenvalue weighted by atomic mass is 19.1. The van der Waals surface area contributed by atoms with E-state index >= 15 is 0 Å². The molecule has 0 saturated heterocycles. The molecule has 0 N–H and O–H groups in total. The van der Waals surface area contributed by atoms with Crippen LogP contribution in [0.3, 0.4) is 0 Å². The first kappa shape index (κ1) is 14.6. The van der Waals surface area contributed by atoms with Crippen LogP contribution in [0.15, 0.2) is 18.2 Å². The molecule has 4 heteroatoms. The lowest BCUT2D eigenvalue weighted by Gasteiger charge is -2.26. The van der Waals surface area contributed by atoms with Gasteiger partial charge in [0.15, 0.2) is 5.78 Å². The second-order valence-corrected chi connectivity index (χ2v) is 4.19. The predicted octanol–water partition coefficient (Wildman–Crippen LogP) is 3.22. The molecule has 0 spiro atoms. The summed E-state index contributed by atoms with van der Waals surface area (Å²) in [5.41, 5.74) is -0.946. The molecule has 18 heavy (non-hydrogen) atoms. The fourth-order valence-corrected chi connectivity index (χ4v) is 1.74. The summed E-state index contributed by atoms with van der Waals surface area (Å²) in [5, 5.41) is 0. The lowest BCUT2D eigenvalue weighted by Crippen LogP contribution is -2.38. The molecule has 1 aromatic rings. The molecule has 1 atom stereocenters. The maximum atomic E-state index is 13.8. The van der Waals surface area contributed by atoms with Gasteiger partial charge in [0, 0.05) is 12.7 Å². The van der Waals surface area contributed by atoms with Crippen LogP contribution in [-0.4, -0.2) is 25.1 Å². The molecule has 0 aliphatic carbocycles. The number of ketones is 1. The summed E-state index contributed by atoms with van der Waals surface area (Å²) in [4.78, 5) is 12.3. The predicted molar refractivity (Wildman–Crippen MR) is 67.6 cm³/mol. The van der Waals surface area contributed by atoms with Crippen molar-refractivity contribution in [3.05, 3.63) is 29.6 Å². The number of halogens is 1. The minimum absolute atomic E-state index is 0.0357. The Balaban J connectivity index is 3.09. The first-order chi connectivity index (χ1) is 8.48. The molecule has 0 aliphatic heterocycles. The molecule has 0 radical (unpaired) electrons. The lowest BCUT2D eigenvalue weighted by molar-refractivity contribution is -0.0118. The summed E-state index contributed by atoms with van der Waals surface area (Å²) in [6.07, 6.45) is 0.491. The van der Waals surface area contributed by atoms with Crippen molar-refractivity contribution in [2.45, 2.75) is 32.8 Å². The molecule has 0 aromatic heterocycles. The number of rotatable bonds is 6. The van der Waals surface area contributed by atoms with Crippen LogP contribution in [-0.2, 0) is 4.74 Å². The van der Waals surface area contributed by atoms with Crippen molar-refractivity contribution in [3.8, 4) is 5.75 Å². The maximum absolute atomic E-state index is 13.8. The number of ether oxygens (including phenoxy) is 2. The van der Waals surface area contributed by atoms with E-state index in [1.165, 1.54) is 19.2 Å². The van der Waals surface area contributed by atoms with E-state index in [-0.39, 0.29) is 11.3 Å². The van der Waals surface area contributed by atoms with Gasteiger partial charge in [-0.1, -0.05) is 6.92 Å². The SMILES string of the molecule is CCOC(C)(CC)C(=O)c1ccc(OC)cc1F. The van der Waals surface area contributed by atoms with Gasteiger partial charge in [-0.25, -0.2) is 4.39 Å². The van der Waals surface area contributed by atoms with Crippen molar-refractivity contribution in [1.82, 2.24) is 0 Å². The highest BCUT2D eigenvalue weighted by Gasteiger charge is 2.34. The first-order valence-electron chi connectivity index (χ1n) is 6.00. The summed E-state index contributed by atoms with van der Waals surface area (Å²) in [6.45, 7) is 5.75. The van der Waals surface area contributed by atoms with Crippen molar-refractivity contribution in [1.29, 1.82) is 0 Å². The zero-order valence-corrected chi connectivity index (χ0v) is 11.2. The van der Waals surface area contributed by atoms with Crippen molar-refractivity contribution < 1.29 is 18.7 Å². The Morgan fingerprint density at radius 1 is 1.39 bits per heavy atom. The molecular formula is C14H19FO3. The Hall–Kier alpha value is -1.42. The van der Waals surface area contributed by atoms with Crippen LogP contribution >= 0.6 is 0 Å². The summed E-state index contributed by atoms with van der Waals surface area (Å²) in [5.74, 6) is -0.538. The number of carbonyl (C=O) groups is 1. The second kappa shape index (κ2) is 5.96. The smallest absolute Gasteiger partial charge is 0.197 e. The van der Waals surface area contributed by atoms with Gasteiger partial charge in [0.1, 0.15) is 17.2 Å². The van der Waals surface area contributed by atoms with E-state index in [0.29, 0.717) is 18.8 Å². The Morgan fingerprint density at radius 2 is 2.06 bits per heavy atom. The molecule has 3 nitrogen and oxygen atoms in total. The zero-order chi connectivity index (χ0) is 13.8. The van der Waals surface area contributed by atoms with Crippen molar-refractivity contribution in [2.75, 3.05) is 13.7 Å². The number of carbonyl (C=O) groups excluding carboxylic acids is 1. The molecule has 0 amide bonds. The van der Waals surface area contributed by atoms with E-state index in [4.69, 9.17) is 9.47 Å². The van der Waals surface area contributed by atoms with Gasteiger partial charge in [-0.15, -0.1) is 0 Å². The average molecular weight is 254 g/mol. The third-order valence-electron chi connectivity index (χ3n) is 3.04. The average Bonchev–Trinajstić information content (AvgIpc) is 2.37. The van der Waals surface area contributed by atoms with E-state index < -0.39 is 11.4 Å². The summed E-state index contributed by atoms with van der Waals surface area (Å²) in [6, 6.07) is 4.21. The van der Waals surface area contributed by atoms with Crippen molar-refractivity contribution >= 4 is 5.78 Å². The highest BCUT2D eigenvalue weighted by molar-refractivity contribution is 6.02. The van der Waals surface area contributed by atoms with Crippen molar-refractivity contribution in [2.24, 2.45) is 0 Å². The van der Waals surface area contributed by atoms with Gasteiger partial charge in [0.2, 0.25) is 0 Å². The number of hydrogen-bond acceptors (Lipinski definition) is 3. The fraction of sp³-hybridized carbons (Fsp3) is 0.500.